The Morgan fingerprint density at radius 1 is 1.53 bits per heavy atom. The molecule has 1 aliphatic carbocycles. The van der Waals surface area contributed by atoms with Gasteiger partial charge in [0.05, 0.1) is 11.9 Å². The van der Waals surface area contributed by atoms with Crippen LogP contribution in [0, 0.1) is 5.92 Å². The zero-order valence-corrected chi connectivity index (χ0v) is 9.32. The average molecular weight is 205 g/mol. The average Bonchev–Trinajstić information content (AvgIpc) is 2.76. The lowest BCUT2D eigenvalue weighted by atomic mass is 9.94. The molecule has 1 N–H and O–H groups in total. The molecule has 1 aromatic rings. The highest BCUT2D eigenvalue weighted by atomic mass is 15.3. The van der Waals surface area contributed by atoms with Crippen molar-refractivity contribution in [2.75, 3.05) is 11.9 Å². The molecule has 0 radical (unpaired) electrons. The maximum Gasteiger partial charge on any atom is 0.0726 e. The fourth-order valence-corrected chi connectivity index (χ4v) is 1.93. The molecule has 0 saturated carbocycles. The summed E-state index contributed by atoms with van der Waals surface area (Å²) in [6.45, 7) is 4.11. The van der Waals surface area contributed by atoms with E-state index >= 15 is 0 Å². The van der Waals surface area contributed by atoms with Gasteiger partial charge < -0.3 is 5.32 Å². The fourth-order valence-electron chi connectivity index (χ4n) is 1.93. The zero-order valence-electron chi connectivity index (χ0n) is 9.32. The van der Waals surface area contributed by atoms with Crippen LogP contribution in [0.2, 0.25) is 0 Å². The van der Waals surface area contributed by atoms with Crippen LogP contribution < -0.4 is 5.32 Å². The summed E-state index contributed by atoms with van der Waals surface area (Å²) < 4.78 is 1.95. The molecule has 0 aromatic carbocycles. The molecule has 1 aliphatic rings. The van der Waals surface area contributed by atoms with Crippen molar-refractivity contribution in [1.29, 1.82) is 0 Å². The van der Waals surface area contributed by atoms with E-state index in [1.54, 1.807) is 0 Å². The molecule has 15 heavy (non-hydrogen) atoms. The third-order valence-electron chi connectivity index (χ3n) is 2.93. The van der Waals surface area contributed by atoms with Gasteiger partial charge in [-0.3, -0.25) is 4.68 Å². The Morgan fingerprint density at radius 2 is 2.47 bits per heavy atom. The summed E-state index contributed by atoms with van der Waals surface area (Å²) in [5, 5.41) is 7.69. The predicted molar refractivity (Wildman–Crippen MR) is 62.9 cm³/mol. The van der Waals surface area contributed by atoms with Gasteiger partial charge in [0, 0.05) is 19.3 Å². The van der Waals surface area contributed by atoms with Crippen LogP contribution in [-0.4, -0.2) is 16.3 Å². The number of nitrogens with zero attached hydrogens (tertiary/aromatic N) is 2. The minimum absolute atomic E-state index is 0.792. The maximum absolute atomic E-state index is 4.24. The van der Waals surface area contributed by atoms with Crippen molar-refractivity contribution in [2.45, 2.75) is 32.7 Å². The van der Waals surface area contributed by atoms with Crippen molar-refractivity contribution in [2.24, 2.45) is 5.92 Å². The molecule has 0 amide bonds. The highest BCUT2D eigenvalue weighted by Gasteiger charge is 2.09. The Bertz CT molecular complexity index is 327. The lowest BCUT2D eigenvalue weighted by molar-refractivity contribution is 0.504. The number of rotatable bonds is 4. The third kappa shape index (κ3) is 2.85. The number of aromatic nitrogens is 2. The molecule has 1 aromatic heterocycles. The quantitative estimate of drug-likeness (QED) is 0.766. The fraction of sp³-hybridized carbons (Fsp3) is 0.583. The number of allylic oxidation sites excluding steroid dienone is 2. The molecular weight excluding hydrogens is 186 g/mol. The molecule has 1 heterocycles. The largest absolute Gasteiger partial charge is 0.382 e. The van der Waals surface area contributed by atoms with Crippen molar-refractivity contribution in [3.63, 3.8) is 0 Å². The van der Waals surface area contributed by atoms with Crippen molar-refractivity contribution in [3.05, 3.63) is 24.5 Å². The third-order valence-corrected chi connectivity index (χ3v) is 2.93. The van der Waals surface area contributed by atoms with Crippen LogP contribution in [0.15, 0.2) is 24.5 Å². The van der Waals surface area contributed by atoms with Crippen molar-refractivity contribution < 1.29 is 0 Å². The Morgan fingerprint density at radius 3 is 3.13 bits per heavy atom. The SMILES string of the molecule is CCn1cc(NC[C@H]2CC=CCC2)cn1. The topological polar surface area (TPSA) is 29.9 Å². The standard InChI is InChI=1S/C12H19N3/c1-2-15-10-12(9-14-15)13-8-11-6-4-3-5-7-11/h3-4,9-11,13H,2,5-8H2,1H3/t11-/m0/s1. The second kappa shape index (κ2) is 5.01. The molecule has 0 aliphatic heterocycles. The van der Waals surface area contributed by atoms with Crippen LogP contribution in [-0.2, 0) is 6.54 Å². The van der Waals surface area contributed by atoms with Gasteiger partial charge in [-0.2, -0.15) is 5.10 Å². The maximum atomic E-state index is 4.24. The molecule has 3 heteroatoms. The Kier molecular flexibility index (Phi) is 3.43. The van der Waals surface area contributed by atoms with Crippen LogP contribution >= 0.6 is 0 Å². The highest BCUT2D eigenvalue weighted by molar-refractivity contribution is 5.38. The van der Waals surface area contributed by atoms with E-state index in [2.05, 4.69) is 35.7 Å². The summed E-state index contributed by atoms with van der Waals surface area (Å²) in [6.07, 6.45) is 12.3. The van der Waals surface area contributed by atoms with Crippen LogP contribution in [0.5, 0.6) is 0 Å². The Balaban J connectivity index is 1.79. The summed E-state index contributed by atoms with van der Waals surface area (Å²) in [4.78, 5) is 0. The minimum atomic E-state index is 0.792. The summed E-state index contributed by atoms with van der Waals surface area (Å²) in [5.41, 5.74) is 1.14. The molecule has 0 bridgehead atoms. The van der Waals surface area contributed by atoms with E-state index in [0.29, 0.717) is 0 Å². The van der Waals surface area contributed by atoms with Crippen LogP contribution in [0.1, 0.15) is 26.2 Å². The van der Waals surface area contributed by atoms with E-state index in [9.17, 15) is 0 Å². The smallest absolute Gasteiger partial charge is 0.0726 e. The zero-order chi connectivity index (χ0) is 10.5. The monoisotopic (exact) mass is 205 g/mol. The number of hydrogen-bond acceptors (Lipinski definition) is 2. The molecule has 3 nitrogen and oxygen atoms in total. The van der Waals surface area contributed by atoms with Gasteiger partial charge in [0.1, 0.15) is 0 Å². The summed E-state index contributed by atoms with van der Waals surface area (Å²) in [6, 6.07) is 0. The van der Waals surface area contributed by atoms with E-state index in [-0.39, 0.29) is 0 Å². The van der Waals surface area contributed by atoms with Gasteiger partial charge in [0.15, 0.2) is 0 Å². The van der Waals surface area contributed by atoms with Gasteiger partial charge in [0.25, 0.3) is 0 Å². The van der Waals surface area contributed by atoms with Crippen molar-refractivity contribution in [1.82, 2.24) is 9.78 Å². The van der Waals surface area contributed by atoms with Gasteiger partial charge in [-0.1, -0.05) is 12.2 Å². The van der Waals surface area contributed by atoms with E-state index in [0.717, 1.165) is 24.7 Å². The summed E-state index contributed by atoms with van der Waals surface area (Å²) in [5.74, 6) is 0.792. The molecule has 82 valence electrons. The lowest BCUT2D eigenvalue weighted by Gasteiger charge is -2.17. The normalized spacial score (nSPS) is 20.5. The molecule has 0 unspecified atom stereocenters. The molecular formula is C12H19N3. The molecule has 0 spiro atoms. The first-order chi connectivity index (χ1) is 7.38. The summed E-state index contributed by atoms with van der Waals surface area (Å²) >= 11 is 0. The van der Waals surface area contributed by atoms with Crippen LogP contribution in [0.4, 0.5) is 5.69 Å². The van der Waals surface area contributed by atoms with E-state index in [1.807, 2.05) is 10.9 Å². The second-order valence-electron chi connectivity index (χ2n) is 4.12. The molecule has 0 fully saturated rings. The van der Waals surface area contributed by atoms with Crippen molar-refractivity contribution in [3.8, 4) is 0 Å². The second-order valence-corrected chi connectivity index (χ2v) is 4.12. The number of anilines is 1. The Labute approximate surface area is 91.2 Å². The van der Waals surface area contributed by atoms with Gasteiger partial charge in [0.2, 0.25) is 0 Å². The molecule has 2 rings (SSSR count). The first-order valence-electron chi connectivity index (χ1n) is 5.80. The van der Waals surface area contributed by atoms with Gasteiger partial charge in [-0.05, 0) is 32.1 Å². The van der Waals surface area contributed by atoms with E-state index in [4.69, 9.17) is 0 Å². The van der Waals surface area contributed by atoms with Crippen LogP contribution in [0.3, 0.4) is 0 Å². The number of nitrogens with one attached hydrogen (secondary N) is 1. The molecule has 0 saturated heterocycles. The van der Waals surface area contributed by atoms with E-state index < -0.39 is 0 Å². The van der Waals surface area contributed by atoms with E-state index in [1.165, 1.54) is 19.3 Å². The predicted octanol–water partition coefficient (Wildman–Crippen LogP) is 2.67. The molecule has 1 atom stereocenters. The van der Waals surface area contributed by atoms with Gasteiger partial charge >= 0.3 is 0 Å². The highest BCUT2D eigenvalue weighted by Crippen LogP contribution is 2.18. The Hall–Kier alpha value is -1.25. The number of aryl methyl sites for hydroxylation is 1. The van der Waals surface area contributed by atoms with Crippen LogP contribution in [0.25, 0.3) is 0 Å². The van der Waals surface area contributed by atoms with Gasteiger partial charge in [-0.15, -0.1) is 0 Å². The first kappa shape index (κ1) is 10.3. The number of hydrogen-bond donors (Lipinski definition) is 1. The van der Waals surface area contributed by atoms with Gasteiger partial charge in [-0.25, -0.2) is 0 Å². The summed E-state index contributed by atoms with van der Waals surface area (Å²) in [7, 11) is 0. The minimum Gasteiger partial charge on any atom is -0.382 e. The first-order valence-corrected chi connectivity index (χ1v) is 5.80. The lowest BCUT2D eigenvalue weighted by Crippen LogP contribution is -2.14. The van der Waals surface area contributed by atoms with Crippen molar-refractivity contribution >= 4 is 5.69 Å².